The van der Waals surface area contributed by atoms with Crippen molar-refractivity contribution in [3.05, 3.63) is 95.1 Å². The number of rotatable bonds is 5. The summed E-state index contributed by atoms with van der Waals surface area (Å²) in [5, 5.41) is 12.5. The van der Waals surface area contributed by atoms with Gasteiger partial charge in [-0.05, 0) is 66.8 Å². The highest BCUT2D eigenvalue weighted by atomic mass is 16.5. The van der Waals surface area contributed by atoms with Crippen LogP contribution >= 0.6 is 0 Å². The molecule has 2 aromatic carbocycles. The number of nitriles is 1. The zero-order chi connectivity index (χ0) is 24.2. The largest absolute Gasteiger partial charge is 0.465 e. The van der Waals surface area contributed by atoms with Crippen LogP contribution in [0.25, 0.3) is 22.6 Å². The van der Waals surface area contributed by atoms with Gasteiger partial charge in [0.25, 0.3) is 5.91 Å². The number of pyridine rings is 1. The number of para-hydroxylation sites is 2. The van der Waals surface area contributed by atoms with Gasteiger partial charge in [0, 0.05) is 5.39 Å². The number of aromatic nitrogens is 1. The number of amides is 1. The van der Waals surface area contributed by atoms with Crippen LogP contribution in [0.4, 0.5) is 5.69 Å². The Labute approximate surface area is 201 Å². The van der Waals surface area contributed by atoms with Crippen LogP contribution in [0, 0.1) is 11.3 Å². The van der Waals surface area contributed by atoms with E-state index in [9.17, 15) is 14.9 Å². The monoisotopic (exact) mass is 463 g/mol. The Bertz CT molecular complexity index is 1500. The smallest absolute Gasteiger partial charge is 0.339 e. The molecule has 1 aliphatic rings. The number of hydrogen-bond acceptors (Lipinski definition) is 6. The summed E-state index contributed by atoms with van der Waals surface area (Å²) in [5.41, 5.74) is 4.37. The number of anilines is 1. The molecule has 0 bridgehead atoms. The lowest BCUT2D eigenvalue weighted by atomic mass is 9.86. The average molecular weight is 463 g/mol. The summed E-state index contributed by atoms with van der Waals surface area (Å²) in [5.74, 6) is -0.379. The van der Waals surface area contributed by atoms with Crippen LogP contribution in [0.15, 0.2) is 71.3 Å². The molecule has 2 aromatic heterocycles. The van der Waals surface area contributed by atoms with Crippen molar-refractivity contribution >= 4 is 40.1 Å². The molecule has 1 amide bonds. The second kappa shape index (κ2) is 9.65. The van der Waals surface area contributed by atoms with E-state index in [1.165, 1.54) is 0 Å². The average Bonchev–Trinajstić information content (AvgIpc) is 3.40. The highest BCUT2D eigenvalue weighted by molar-refractivity contribution is 6.07. The highest BCUT2D eigenvalue weighted by Crippen LogP contribution is 2.36. The quantitative estimate of drug-likeness (QED) is 0.399. The molecule has 172 valence electrons. The highest BCUT2D eigenvalue weighted by Gasteiger charge is 2.26. The molecule has 7 nitrogen and oxygen atoms in total. The number of nitrogens with zero attached hydrogens (tertiary/aromatic N) is 2. The van der Waals surface area contributed by atoms with Crippen LogP contribution in [0.3, 0.4) is 0 Å². The minimum atomic E-state index is -0.581. The van der Waals surface area contributed by atoms with Crippen LogP contribution in [-0.2, 0) is 16.0 Å². The maximum atomic E-state index is 13.3. The number of hydrogen-bond donors (Lipinski definition) is 1. The van der Waals surface area contributed by atoms with Crippen molar-refractivity contribution in [3.63, 3.8) is 0 Å². The third-order valence-corrected chi connectivity index (χ3v) is 5.89. The topological polar surface area (TPSA) is 105 Å². The van der Waals surface area contributed by atoms with Gasteiger partial charge in [0.1, 0.15) is 11.8 Å². The number of furan rings is 1. The van der Waals surface area contributed by atoms with Crippen LogP contribution in [-0.4, -0.2) is 23.5 Å². The first-order chi connectivity index (χ1) is 17.1. The van der Waals surface area contributed by atoms with E-state index in [0.717, 1.165) is 35.4 Å². The van der Waals surface area contributed by atoms with Gasteiger partial charge in [-0.2, -0.15) is 5.26 Å². The maximum Gasteiger partial charge on any atom is 0.339 e. The lowest BCUT2D eigenvalue weighted by Gasteiger charge is -2.22. The lowest BCUT2D eigenvalue weighted by molar-refractivity contribution is -0.119. The number of allylic oxidation sites excluding steroid dienone is 1. The van der Waals surface area contributed by atoms with Crippen molar-refractivity contribution in [1.82, 2.24) is 4.98 Å². The zero-order valence-corrected chi connectivity index (χ0v) is 18.8. The van der Waals surface area contributed by atoms with Crippen LogP contribution in [0.2, 0.25) is 0 Å². The van der Waals surface area contributed by atoms with E-state index in [1.54, 1.807) is 30.5 Å². The predicted molar refractivity (Wildman–Crippen MR) is 131 cm³/mol. The fraction of sp³-hybridized carbons (Fsp3) is 0.143. The molecule has 1 aliphatic carbocycles. The Kier molecular flexibility index (Phi) is 6.10. The number of carbonyl (C=O) groups is 2. The van der Waals surface area contributed by atoms with Gasteiger partial charge >= 0.3 is 5.97 Å². The number of esters is 1. The van der Waals surface area contributed by atoms with Gasteiger partial charge in [0.2, 0.25) is 0 Å². The molecule has 5 rings (SSSR count). The van der Waals surface area contributed by atoms with Crippen LogP contribution in [0.1, 0.15) is 45.8 Å². The van der Waals surface area contributed by atoms with E-state index < -0.39 is 18.5 Å². The Balaban J connectivity index is 1.45. The van der Waals surface area contributed by atoms with E-state index in [2.05, 4.69) is 5.32 Å². The normalized spacial score (nSPS) is 13.7. The Morgan fingerprint density at radius 3 is 2.74 bits per heavy atom. The number of nitrogens with one attached hydrogen (secondary N) is 1. The molecule has 35 heavy (non-hydrogen) atoms. The van der Waals surface area contributed by atoms with E-state index >= 15 is 0 Å². The molecular formula is C28H21N3O4. The number of carbonyl (C=O) groups excluding carboxylic acids is 2. The van der Waals surface area contributed by atoms with Gasteiger partial charge < -0.3 is 14.5 Å². The molecule has 0 unspecified atom stereocenters. The lowest BCUT2D eigenvalue weighted by Crippen LogP contribution is -2.23. The van der Waals surface area contributed by atoms with E-state index in [0.29, 0.717) is 34.1 Å². The van der Waals surface area contributed by atoms with Gasteiger partial charge in [-0.1, -0.05) is 30.3 Å². The number of benzene rings is 2. The molecule has 1 N–H and O–H groups in total. The minimum absolute atomic E-state index is 0.331. The Morgan fingerprint density at radius 2 is 1.91 bits per heavy atom. The van der Waals surface area contributed by atoms with Crippen molar-refractivity contribution < 1.29 is 18.7 Å². The molecule has 0 saturated carbocycles. The summed E-state index contributed by atoms with van der Waals surface area (Å²) in [6.07, 6.45) is 5.91. The number of fused-ring (bicyclic) bond motifs is 2. The molecular weight excluding hydrogens is 442 g/mol. The van der Waals surface area contributed by atoms with Gasteiger partial charge in [-0.15, -0.1) is 0 Å². The predicted octanol–water partition coefficient (Wildman–Crippen LogP) is 5.37. The van der Waals surface area contributed by atoms with Crippen molar-refractivity contribution in [3.8, 4) is 6.07 Å². The van der Waals surface area contributed by atoms with E-state index in [1.807, 2.05) is 48.5 Å². The summed E-state index contributed by atoms with van der Waals surface area (Å²) in [6, 6.07) is 19.8. The molecule has 0 fully saturated rings. The second-order valence-corrected chi connectivity index (χ2v) is 8.15. The summed E-state index contributed by atoms with van der Waals surface area (Å²) >= 11 is 0. The van der Waals surface area contributed by atoms with Crippen molar-refractivity contribution in [1.29, 1.82) is 5.26 Å². The zero-order valence-electron chi connectivity index (χ0n) is 18.8. The molecule has 0 saturated heterocycles. The molecule has 0 atom stereocenters. The molecule has 0 aliphatic heterocycles. The van der Waals surface area contributed by atoms with Gasteiger partial charge in [-0.3, -0.25) is 4.79 Å². The fourth-order valence-electron chi connectivity index (χ4n) is 4.33. The fourth-order valence-corrected chi connectivity index (χ4v) is 4.33. The Hall–Kier alpha value is -4.70. The first-order valence-electron chi connectivity index (χ1n) is 11.3. The van der Waals surface area contributed by atoms with Gasteiger partial charge in [0.05, 0.1) is 34.3 Å². The van der Waals surface area contributed by atoms with Crippen molar-refractivity contribution in [2.75, 3.05) is 11.9 Å². The van der Waals surface area contributed by atoms with Gasteiger partial charge in [-0.25, -0.2) is 9.78 Å². The summed E-state index contributed by atoms with van der Waals surface area (Å²) in [6.45, 7) is -0.473. The maximum absolute atomic E-state index is 13.3. The molecule has 0 radical (unpaired) electrons. The molecule has 2 heterocycles. The molecule has 0 spiro atoms. The standard InChI is InChI=1S/C28H21N3O4/c29-16-19-7-1-3-12-23(19)30-25(32)17-35-28(33)26-21-10-2-4-13-24(21)31-27-18(8-5-11-22(26)27)15-20-9-6-14-34-20/h1-4,6-7,9-10,12-15H,5,8,11,17H2,(H,30,32)/b18-15-. The first-order valence-corrected chi connectivity index (χ1v) is 11.3. The van der Waals surface area contributed by atoms with Crippen molar-refractivity contribution in [2.45, 2.75) is 19.3 Å². The number of ether oxygens (including phenoxy) is 1. The van der Waals surface area contributed by atoms with Crippen LogP contribution < -0.4 is 5.32 Å². The van der Waals surface area contributed by atoms with Crippen molar-refractivity contribution in [2.24, 2.45) is 0 Å². The third-order valence-electron chi connectivity index (χ3n) is 5.89. The summed E-state index contributed by atoms with van der Waals surface area (Å²) < 4.78 is 10.9. The van der Waals surface area contributed by atoms with E-state index in [4.69, 9.17) is 14.1 Å². The second-order valence-electron chi connectivity index (χ2n) is 8.15. The van der Waals surface area contributed by atoms with Crippen LogP contribution in [0.5, 0.6) is 0 Å². The summed E-state index contributed by atoms with van der Waals surface area (Å²) in [4.78, 5) is 30.6. The van der Waals surface area contributed by atoms with E-state index in [-0.39, 0.29) is 0 Å². The Morgan fingerprint density at radius 1 is 1.09 bits per heavy atom. The SMILES string of the molecule is N#Cc1ccccc1NC(=O)COC(=O)c1c2c(nc3ccccc13)/C(=C\c1ccco1)CCC2. The first kappa shape index (κ1) is 22.1. The summed E-state index contributed by atoms with van der Waals surface area (Å²) in [7, 11) is 0. The van der Waals surface area contributed by atoms with Gasteiger partial charge in [0.15, 0.2) is 6.61 Å². The molecule has 4 aromatic rings. The third kappa shape index (κ3) is 4.55. The molecule has 7 heteroatoms. The minimum Gasteiger partial charge on any atom is -0.465 e.